The normalized spacial score (nSPS) is 11.8. The molecule has 0 aromatic carbocycles. The minimum atomic E-state index is -3.20. The monoisotopic (exact) mass is 152 g/mol. The van der Waals surface area contributed by atoms with Crippen LogP contribution in [0.4, 0.5) is 0 Å². The van der Waals surface area contributed by atoms with E-state index < -0.39 is 10.0 Å². The second-order valence-electron chi connectivity index (χ2n) is 1.44. The van der Waals surface area contributed by atoms with Gasteiger partial charge in [-0.15, -0.1) is 0 Å². The van der Waals surface area contributed by atoms with Gasteiger partial charge in [-0.1, -0.05) is 0 Å². The maximum atomic E-state index is 10.5. The Balaban J connectivity index is 3.61. The summed E-state index contributed by atoms with van der Waals surface area (Å²) in [5.41, 5.74) is 0. The molecule has 5 heteroatoms. The van der Waals surface area contributed by atoms with Crippen LogP contribution < -0.4 is 4.72 Å². The van der Waals surface area contributed by atoms with Crippen LogP contribution in [0.25, 0.3) is 0 Å². The van der Waals surface area contributed by atoms with Crippen LogP contribution in [0.5, 0.6) is 0 Å². The quantitative estimate of drug-likeness (QED) is 0.528. The van der Waals surface area contributed by atoms with Crippen LogP contribution >= 0.6 is 0 Å². The lowest BCUT2D eigenvalue weighted by Gasteiger charge is -1.99. The number of sulfonamides is 1. The van der Waals surface area contributed by atoms with Gasteiger partial charge in [0.05, 0.1) is 12.4 Å². The van der Waals surface area contributed by atoms with E-state index in [4.69, 9.17) is 5.11 Å². The van der Waals surface area contributed by atoms with Crippen molar-refractivity contribution in [3.8, 4) is 0 Å². The molecule has 0 aliphatic rings. The Kier molecular flexibility index (Phi) is 3.76. The lowest BCUT2D eigenvalue weighted by Crippen LogP contribution is -2.27. The summed E-state index contributed by atoms with van der Waals surface area (Å²) in [4.78, 5) is 0. The Morgan fingerprint density at radius 3 is 2.44 bits per heavy atom. The van der Waals surface area contributed by atoms with Crippen LogP contribution in [-0.2, 0) is 10.0 Å². The minimum absolute atomic E-state index is 0.0673. The summed E-state index contributed by atoms with van der Waals surface area (Å²) in [5, 5.41) is 8.18. The van der Waals surface area contributed by atoms with Crippen molar-refractivity contribution in [1.29, 1.82) is 0 Å². The van der Waals surface area contributed by atoms with Gasteiger partial charge in [-0.2, -0.15) is 0 Å². The molecule has 0 amide bonds. The number of hydrogen-bond acceptors (Lipinski definition) is 3. The number of nitrogens with one attached hydrogen (secondary N) is 1. The van der Waals surface area contributed by atoms with Gasteiger partial charge in [0, 0.05) is 6.54 Å². The van der Waals surface area contributed by atoms with E-state index in [-0.39, 0.29) is 18.9 Å². The maximum Gasteiger partial charge on any atom is 0.211 e. The largest absolute Gasteiger partial charge is 0.395 e. The summed E-state index contributed by atoms with van der Waals surface area (Å²) < 4.78 is 23.1. The molecule has 0 aromatic rings. The lowest BCUT2D eigenvalue weighted by molar-refractivity contribution is 0.301. The second-order valence-corrected chi connectivity index (χ2v) is 3.36. The molecule has 1 radical (unpaired) electrons. The zero-order chi connectivity index (χ0) is 7.33. The third-order valence-corrected chi connectivity index (χ3v) is 1.88. The van der Waals surface area contributed by atoms with Gasteiger partial charge in [0.2, 0.25) is 10.0 Å². The van der Waals surface area contributed by atoms with E-state index in [1.807, 2.05) is 0 Å². The lowest BCUT2D eigenvalue weighted by atomic mass is 10.8. The number of aliphatic hydroxyl groups excluding tert-OH is 1. The first-order valence-electron chi connectivity index (χ1n) is 2.50. The Morgan fingerprint density at radius 1 is 1.56 bits per heavy atom. The van der Waals surface area contributed by atoms with Gasteiger partial charge in [0.15, 0.2) is 0 Å². The molecule has 2 N–H and O–H groups in total. The van der Waals surface area contributed by atoms with E-state index in [2.05, 4.69) is 11.6 Å². The maximum absolute atomic E-state index is 10.5. The predicted octanol–water partition coefficient (Wildman–Crippen LogP) is -1.27. The Hall–Kier alpha value is -0.130. The Morgan fingerprint density at radius 2 is 2.11 bits per heavy atom. The van der Waals surface area contributed by atoms with Gasteiger partial charge in [-0.05, 0) is 6.92 Å². The first-order valence-corrected chi connectivity index (χ1v) is 4.15. The molecule has 0 fully saturated rings. The molecule has 0 heterocycles. The third kappa shape index (κ3) is 4.38. The standard InChI is InChI=1S/C4H10NO3S/c1-2-9(7,8)5-3-4-6/h5-6H,1-4H2. The zero-order valence-electron chi connectivity index (χ0n) is 5.00. The number of rotatable bonds is 4. The average Bonchev–Trinajstić information content (AvgIpc) is 1.84. The fourth-order valence-corrected chi connectivity index (χ4v) is 0.820. The molecule has 0 aliphatic heterocycles. The second kappa shape index (κ2) is 3.81. The fourth-order valence-electron chi connectivity index (χ4n) is 0.273. The topological polar surface area (TPSA) is 66.4 Å². The van der Waals surface area contributed by atoms with E-state index in [0.29, 0.717) is 0 Å². The van der Waals surface area contributed by atoms with Crippen LogP contribution in [0.2, 0.25) is 0 Å². The molecule has 0 spiro atoms. The highest BCUT2D eigenvalue weighted by atomic mass is 32.2. The first kappa shape index (κ1) is 8.87. The van der Waals surface area contributed by atoms with Crippen molar-refractivity contribution >= 4 is 10.0 Å². The molecule has 9 heavy (non-hydrogen) atoms. The van der Waals surface area contributed by atoms with Gasteiger partial charge in [-0.3, -0.25) is 0 Å². The molecule has 0 bridgehead atoms. The highest BCUT2D eigenvalue weighted by Gasteiger charge is 2.02. The molecule has 0 aliphatic carbocycles. The third-order valence-electron chi connectivity index (χ3n) is 0.703. The van der Waals surface area contributed by atoms with Crippen molar-refractivity contribution in [3.63, 3.8) is 0 Å². The van der Waals surface area contributed by atoms with Gasteiger partial charge in [-0.25, -0.2) is 13.1 Å². The Bertz CT molecular complexity index is 151. The molecular formula is C4H10NO3S. The van der Waals surface area contributed by atoms with Gasteiger partial charge in [0.1, 0.15) is 0 Å². The molecule has 0 saturated heterocycles. The van der Waals surface area contributed by atoms with Gasteiger partial charge >= 0.3 is 0 Å². The molecule has 0 aromatic heterocycles. The summed E-state index contributed by atoms with van der Waals surface area (Å²) >= 11 is 0. The van der Waals surface area contributed by atoms with E-state index >= 15 is 0 Å². The SMILES string of the molecule is [CH2]CS(=O)(=O)NCCO. The van der Waals surface area contributed by atoms with Crippen LogP contribution in [0.15, 0.2) is 0 Å². The van der Waals surface area contributed by atoms with Crippen LogP contribution in [0, 0.1) is 6.92 Å². The first-order chi connectivity index (χ1) is 4.12. The van der Waals surface area contributed by atoms with Crippen molar-refractivity contribution in [3.05, 3.63) is 6.92 Å². The van der Waals surface area contributed by atoms with Gasteiger partial charge in [0.25, 0.3) is 0 Å². The van der Waals surface area contributed by atoms with Crippen LogP contribution in [0.3, 0.4) is 0 Å². The van der Waals surface area contributed by atoms with E-state index in [1.54, 1.807) is 0 Å². The highest BCUT2D eigenvalue weighted by molar-refractivity contribution is 7.89. The summed E-state index contributed by atoms with van der Waals surface area (Å²) in [5.74, 6) is -0.188. The van der Waals surface area contributed by atoms with Crippen molar-refractivity contribution < 1.29 is 13.5 Å². The number of aliphatic hydroxyl groups is 1. The van der Waals surface area contributed by atoms with Gasteiger partial charge < -0.3 is 5.11 Å². The molecular weight excluding hydrogens is 142 g/mol. The van der Waals surface area contributed by atoms with Crippen LogP contribution in [-0.4, -0.2) is 32.4 Å². The Labute approximate surface area is 54.9 Å². The van der Waals surface area contributed by atoms with Crippen molar-refractivity contribution in [2.75, 3.05) is 18.9 Å². The predicted molar refractivity (Wildman–Crippen MR) is 34.2 cm³/mol. The van der Waals surface area contributed by atoms with E-state index in [9.17, 15) is 8.42 Å². The van der Waals surface area contributed by atoms with Crippen LogP contribution in [0.1, 0.15) is 0 Å². The fraction of sp³-hybridized carbons (Fsp3) is 0.750. The number of hydrogen-bond donors (Lipinski definition) is 2. The summed E-state index contributed by atoms with van der Waals surface area (Å²) in [6, 6.07) is 0. The minimum Gasteiger partial charge on any atom is -0.395 e. The summed E-state index contributed by atoms with van der Waals surface area (Å²) in [7, 11) is -3.20. The molecule has 55 valence electrons. The van der Waals surface area contributed by atoms with Crippen molar-refractivity contribution in [2.24, 2.45) is 0 Å². The smallest absolute Gasteiger partial charge is 0.211 e. The molecule has 0 rings (SSSR count). The molecule has 0 saturated carbocycles. The van der Waals surface area contributed by atoms with Crippen molar-refractivity contribution in [1.82, 2.24) is 4.72 Å². The van der Waals surface area contributed by atoms with E-state index in [0.717, 1.165) is 0 Å². The average molecular weight is 152 g/mol. The van der Waals surface area contributed by atoms with Crippen molar-refractivity contribution in [2.45, 2.75) is 0 Å². The summed E-state index contributed by atoms with van der Waals surface area (Å²) in [6.45, 7) is 3.06. The molecule has 0 unspecified atom stereocenters. The van der Waals surface area contributed by atoms with E-state index in [1.165, 1.54) is 0 Å². The summed E-state index contributed by atoms with van der Waals surface area (Å²) in [6.07, 6.45) is 0. The molecule has 0 atom stereocenters. The molecule has 4 nitrogen and oxygen atoms in total. The highest BCUT2D eigenvalue weighted by Crippen LogP contribution is 1.78. The zero-order valence-corrected chi connectivity index (χ0v) is 5.82.